The Bertz CT molecular complexity index is 381. The number of alkyl halides is 3. The van der Waals surface area contributed by atoms with Crippen LogP contribution >= 0.6 is 11.3 Å². The number of nitrogens with zero attached hydrogens (tertiary/aromatic N) is 1. The Kier molecular flexibility index (Phi) is 5.12. The van der Waals surface area contributed by atoms with Crippen molar-refractivity contribution in [2.75, 3.05) is 19.7 Å². The van der Waals surface area contributed by atoms with Gasteiger partial charge in [-0.3, -0.25) is 4.79 Å². The third-order valence-electron chi connectivity index (χ3n) is 2.17. The molecule has 0 saturated carbocycles. The maximum absolute atomic E-state index is 12.3. The molecule has 0 aliphatic rings. The second-order valence-corrected chi connectivity index (χ2v) is 4.57. The van der Waals surface area contributed by atoms with Crippen molar-refractivity contribution in [2.45, 2.75) is 12.2 Å². The Hall–Kier alpha value is -1.12. The molecule has 8 heteroatoms. The van der Waals surface area contributed by atoms with Gasteiger partial charge in [0.15, 0.2) is 0 Å². The minimum Gasteiger partial charge on any atom is -0.395 e. The van der Waals surface area contributed by atoms with E-state index in [4.69, 9.17) is 10.8 Å². The summed E-state index contributed by atoms with van der Waals surface area (Å²) in [5, 5.41) is 10.4. The van der Waals surface area contributed by atoms with Gasteiger partial charge in [-0.05, 0) is 11.4 Å². The lowest BCUT2D eigenvalue weighted by molar-refractivity contribution is -0.162. The molecule has 4 nitrogen and oxygen atoms in total. The molecule has 0 spiro atoms. The molecule has 1 heterocycles. The molecule has 1 rings (SSSR count). The average Bonchev–Trinajstić information content (AvgIpc) is 2.78. The predicted octanol–water partition coefficient (Wildman–Crippen LogP) is 1.13. The SMILES string of the molecule is NC(C(=O)N(CCO)CC(F)(F)F)c1cccs1. The number of nitrogens with two attached hydrogens (primary N) is 1. The fourth-order valence-electron chi connectivity index (χ4n) is 1.39. The molecule has 0 saturated heterocycles. The van der Waals surface area contributed by atoms with E-state index in [2.05, 4.69) is 0 Å². The largest absolute Gasteiger partial charge is 0.406 e. The van der Waals surface area contributed by atoms with Crippen LogP contribution in [0.1, 0.15) is 10.9 Å². The molecule has 0 radical (unpaired) electrons. The van der Waals surface area contributed by atoms with E-state index in [0.29, 0.717) is 9.78 Å². The van der Waals surface area contributed by atoms with Gasteiger partial charge in [-0.15, -0.1) is 11.3 Å². The van der Waals surface area contributed by atoms with Crippen molar-refractivity contribution >= 4 is 17.2 Å². The summed E-state index contributed by atoms with van der Waals surface area (Å²) in [4.78, 5) is 12.8. The number of amides is 1. The first kappa shape index (κ1) is 14.9. The second-order valence-electron chi connectivity index (χ2n) is 3.59. The number of hydrogen-bond donors (Lipinski definition) is 2. The van der Waals surface area contributed by atoms with Crippen molar-refractivity contribution in [3.8, 4) is 0 Å². The van der Waals surface area contributed by atoms with Gasteiger partial charge in [0, 0.05) is 11.4 Å². The van der Waals surface area contributed by atoms with Crippen LogP contribution in [-0.2, 0) is 4.79 Å². The molecule has 1 aromatic rings. The molecule has 0 bridgehead atoms. The van der Waals surface area contributed by atoms with Crippen LogP contribution in [0.2, 0.25) is 0 Å². The van der Waals surface area contributed by atoms with Gasteiger partial charge >= 0.3 is 6.18 Å². The lowest BCUT2D eigenvalue weighted by atomic mass is 10.2. The lowest BCUT2D eigenvalue weighted by Gasteiger charge is -2.25. The zero-order valence-corrected chi connectivity index (χ0v) is 10.2. The first-order valence-electron chi connectivity index (χ1n) is 5.10. The van der Waals surface area contributed by atoms with Crippen LogP contribution in [-0.4, -0.2) is 41.8 Å². The third-order valence-corrected chi connectivity index (χ3v) is 3.12. The fraction of sp³-hybridized carbons (Fsp3) is 0.500. The zero-order valence-electron chi connectivity index (χ0n) is 9.35. The van der Waals surface area contributed by atoms with Gasteiger partial charge in [-0.1, -0.05) is 6.07 Å². The van der Waals surface area contributed by atoms with Gasteiger partial charge in [-0.25, -0.2) is 0 Å². The number of aliphatic hydroxyl groups is 1. The fourth-order valence-corrected chi connectivity index (χ4v) is 2.11. The average molecular weight is 282 g/mol. The summed E-state index contributed by atoms with van der Waals surface area (Å²) >= 11 is 1.20. The molecular weight excluding hydrogens is 269 g/mol. The smallest absolute Gasteiger partial charge is 0.395 e. The van der Waals surface area contributed by atoms with Crippen LogP contribution in [0.4, 0.5) is 13.2 Å². The van der Waals surface area contributed by atoms with Crippen molar-refractivity contribution in [3.05, 3.63) is 22.4 Å². The number of hydrogen-bond acceptors (Lipinski definition) is 4. The summed E-state index contributed by atoms with van der Waals surface area (Å²) in [5.41, 5.74) is 5.60. The monoisotopic (exact) mass is 282 g/mol. The highest BCUT2D eigenvalue weighted by atomic mass is 32.1. The predicted molar refractivity (Wildman–Crippen MR) is 61.0 cm³/mol. The van der Waals surface area contributed by atoms with Crippen molar-refractivity contribution in [3.63, 3.8) is 0 Å². The standard InChI is InChI=1S/C10H13F3N2O2S/c11-10(12,13)6-15(3-4-16)9(17)8(14)7-2-1-5-18-7/h1-2,5,8,16H,3-4,6,14H2. The van der Waals surface area contributed by atoms with Crippen molar-refractivity contribution in [1.29, 1.82) is 0 Å². The van der Waals surface area contributed by atoms with Gasteiger partial charge in [0.1, 0.15) is 12.6 Å². The van der Waals surface area contributed by atoms with E-state index < -0.39 is 37.8 Å². The minimum absolute atomic E-state index is 0.391. The van der Waals surface area contributed by atoms with Gasteiger partial charge in [-0.2, -0.15) is 13.2 Å². The van der Waals surface area contributed by atoms with Crippen LogP contribution in [0.25, 0.3) is 0 Å². The Labute approximate surface area is 106 Å². The third kappa shape index (κ3) is 4.28. The van der Waals surface area contributed by atoms with E-state index in [1.54, 1.807) is 17.5 Å². The molecule has 3 N–H and O–H groups in total. The van der Waals surface area contributed by atoms with Crippen molar-refractivity contribution in [1.82, 2.24) is 4.90 Å². The van der Waals surface area contributed by atoms with Crippen LogP contribution in [0, 0.1) is 0 Å². The summed E-state index contributed by atoms with van der Waals surface area (Å²) in [6.45, 7) is -2.35. The highest BCUT2D eigenvalue weighted by Gasteiger charge is 2.34. The number of rotatable bonds is 5. The number of halogens is 3. The van der Waals surface area contributed by atoms with Crippen molar-refractivity contribution in [2.24, 2.45) is 5.73 Å². The summed E-state index contributed by atoms with van der Waals surface area (Å²) in [6.07, 6.45) is -4.51. The Morgan fingerprint density at radius 2 is 2.22 bits per heavy atom. The van der Waals surface area contributed by atoms with E-state index >= 15 is 0 Å². The minimum atomic E-state index is -4.51. The zero-order chi connectivity index (χ0) is 13.8. The first-order chi connectivity index (χ1) is 8.35. The number of carbonyl (C=O) groups is 1. The maximum Gasteiger partial charge on any atom is 0.406 e. The van der Waals surface area contributed by atoms with Crippen LogP contribution in [0.3, 0.4) is 0 Å². The van der Waals surface area contributed by atoms with Crippen LogP contribution < -0.4 is 5.73 Å². The summed E-state index contributed by atoms with van der Waals surface area (Å²) < 4.78 is 36.8. The van der Waals surface area contributed by atoms with Gasteiger partial charge < -0.3 is 15.7 Å². The molecule has 18 heavy (non-hydrogen) atoms. The number of thiophene rings is 1. The Morgan fingerprint density at radius 3 is 2.67 bits per heavy atom. The summed E-state index contributed by atoms with van der Waals surface area (Å²) in [5.74, 6) is -0.844. The molecule has 0 aliphatic carbocycles. The molecule has 0 aromatic carbocycles. The van der Waals surface area contributed by atoms with Crippen LogP contribution in [0.15, 0.2) is 17.5 Å². The van der Waals surface area contributed by atoms with E-state index in [1.165, 1.54) is 11.3 Å². The molecule has 1 aromatic heterocycles. The second kappa shape index (κ2) is 6.17. The first-order valence-corrected chi connectivity index (χ1v) is 5.98. The summed E-state index contributed by atoms with van der Waals surface area (Å²) in [7, 11) is 0. The van der Waals surface area contributed by atoms with Gasteiger partial charge in [0.05, 0.1) is 6.61 Å². The highest BCUT2D eigenvalue weighted by Crippen LogP contribution is 2.22. The molecule has 1 unspecified atom stereocenters. The Morgan fingerprint density at radius 1 is 1.56 bits per heavy atom. The van der Waals surface area contributed by atoms with E-state index in [9.17, 15) is 18.0 Å². The van der Waals surface area contributed by atoms with Crippen molar-refractivity contribution < 1.29 is 23.1 Å². The number of aliphatic hydroxyl groups excluding tert-OH is 1. The van der Waals surface area contributed by atoms with Gasteiger partial charge in [0.2, 0.25) is 5.91 Å². The maximum atomic E-state index is 12.3. The topological polar surface area (TPSA) is 66.6 Å². The molecular formula is C10H13F3N2O2S. The number of carbonyl (C=O) groups excluding carboxylic acids is 1. The summed E-state index contributed by atoms with van der Waals surface area (Å²) in [6, 6.07) is 2.12. The van der Waals surface area contributed by atoms with E-state index in [1.807, 2.05) is 0 Å². The Balaban J connectivity index is 2.76. The molecule has 0 fully saturated rings. The quantitative estimate of drug-likeness (QED) is 0.851. The van der Waals surface area contributed by atoms with Gasteiger partial charge in [0.25, 0.3) is 0 Å². The van der Waals surface area contributed by atoms with Crippen LogP contribution in [0.5, 0.6) is 0 Å². The molecule has 102 valence electrons. The molecule has 1 atom stereocenters. The molecule has 0 aliphatic heterocycles. The van der Waals surface area contributed by atoms with E-state index in [0.717, 1.165) is 0 Å². The van der Waals surface area contributed by atoms with E-state index in [-0.39, 0.29) is 0 Å². The molecule has 1 amide bonds. The lowest BCUT2D eigenvalue weighted by Crippen LogP contribution is -2.44. The normalized spacial score (nSPS) is 13.4. The highest BCUT2D eigenvalue weighted by molar-refractivity contribution is 7.10.